The van der Waals surface area contributed by atoms with Crippen molar-refractivity contribution in [3.8, 4) is 0 Å². The van der Waals surface area contributed by atoms with Crippen LogP contribution in [0.1, 0.15) is 266 Å². The Morgan fingerprint density at radius 2 is 0.750 bits per heavy atom. The highest BCUT2D eigenvalue weighted by Gasteiger charge is 2.28. The molecule has 0 atom stereocenters. The molecule has 1 aromatic rings. The molecule has 8 heteroatoms. The number of benzene rings is 1. The Morgan fingerprint density at radius 1 is 0.450 bits per heavy atom. The van der Waals surface area contributed by atoms with E-state index in [-0.39, 0.29) is 18.8 Å². The van der Waals surface area contributed by atoms with Crippen LogP contribution in [-0.4, -0.2) is 38.1 Å². The minimum atomic E-state index is -4.77. The zero-order valence-electron chi connectivity index (χ0n) is 38.7. The van der Waals surface area contributed by atoms with Crippen LogP contribution in [0.2, 0.25) is 0 Å². The van der Waals surface area contributed by atoms with E-state index in [1.54, 1.807) is 0 Å². The predicted molar refractivity (Wildman–Crippen MR) is 253 cm³/mol. The molecule has 1 N–H and O–H groups in total. The third-order valence-electron chi connectivity index (χ3n) is 11.5. The summed E-state index contributed by atoms with van der Waals surface area (Å²) in [4.78, 5) is 25.4. The smallest absolute Gasteiger partial charge is 0.340 e. The Morgan fingerprint density at radius 3 is 1.08 bits per heavy atom. The molecule has 0 fully saturated rings. The van der Waals surface area contributed by atoms with Gasteiger partial charge in [-0.2, -0.15) is 8.42 Å². The van der Waals surface area contributed by atoms with Crippen molar-refractivity contribution in [3.63, 3.8) is 0 Å². The van der Waals surface area contributed by atoms with Crippen LogP contribution in [0.5, 0.6) is 0 Å². The maximum absolute atomic E-state index is 13.1. The first kappa shape index (κ1) is 55.6. The number of carbonyl (C=O) groups is 2. The van der Waals surface area contributed by atoms with E-state index in [0.29, 0.717) is 12.8 Å². The number of allylic oxidation sites excluding steroid dienone is 4. The van der Waals surface area contributed by atoms with Gasteiger partial charge in [-0.25, -0.2) is 9.59 Å². The van der Waals surface area contributed by atoms with Gasteiger partial charge < -0.3 is 9.47 Å². The van der Waals surface area contributed by atoms with Crippen molar-refractivity contribution >= 4 is 22.1 Å². The second-order valence-corrected chi connectivity index (χ2v) is 18.5. The van der Waals surface area contributed by atoms with E-state index in [2.05, 4.69) is 38.2 Å². The molecule has 0 heterocycles. The first-order valence-electron chi connectivity index (χ1n) is 25.1. The number of carbonyl (C=O) groups excluding carboxylic acids is 2. The summed E-state index contributed by atoms with van der Waals surface area (Å²) >= 11 is 0. The fourth-order valence-electron chi connectivity index (χ4n) is 7.72. The number of hydrogen-bond donors (Lipinski definition) is 1. The van der Waals surface area contributed by atoms with Crippen LogP contribution < -0.4 is 0 Å². The van der Waals surface area contributed by atoms with Gasteiger partial charge in [0.1, 0.15) is 4.90 Å². The van der Waals surface area contributed by atoms with Crippen molar-refractivity contribution in [2.75, 3.05) is 13.2 Å². The third-order valence-corrected chi connectivity index (χ3v) is 12.4. The third kappa shape index (κ3) is 32.3. The normalized spacial score (nSPS) is 11.9. The molecule has 0 bridgehead atoms. The highest BCUT2D eigenvalue weighted by Crippen LogP contribution is 2.23. The summed E-state index contributed by atoms with van der Waals surface area (Å²) in [5.74, 6) is -1.75. The topological polar surface area (TPSA) is 107 Å². The summed E-state index contributed by atoms with van der Waals surface area (Å²) in [5, 5.41) is 0. The van der Waals surface area contributed by atoms with Gasteiger partial charge in [0.2, 0.25) is 0 Å². The van der Waals surface area contributed by atoms with Gasteiger partial charge in [-0.3, -0.25) is 4.55 Å². The number of ether oxygens (including phenoxy) is 2. The molecule has 0 amide bonds. The van der Waals surface area contributed by atoms with E-state index in [4.69, 9.17) is 9.47 Å². The number of esters is 2. The number of rotatable bonds is 43. The molecule has 0 unspecified atom stereocenters. The maximum atomic E-state index is 13.1. The monoisotopic (exact) mass is 859 g/mol. The van der Waals surface area contributed by atoms with Crippen molar-refractivity contribution in [1.29, 1.82) is 0 Å². The van der Waals surface area contributed by atoms with Crippen LogP contribution in [0.4, 0.5) is 0 Å². The number of hydrogen-bond acceptors (Lipinski definition) is 6. The molecule has 0 saturated carbocycles. The Labute approximate surface area is 369 Å². The minimum Gasteiger partial charge on any atom is -0.462 e. The molecule has 0 aliphatic heterocycles. The van der Waals surface area contributed by atoms with Gasteiger partial charge >= 0.3 is 11.9 Å². The molecule has 0 aliphatic carbocycles. The zero-order valence-corrected chi connectivity index (χ0v) is 39.5. The zero-order chi connectivity index (χ0) is 43.6. The summed E-state index contributed by atoms with van der Waals surface area (Å²) in [7, 11) is -4.77. The Bertz CT molecular complexity index is 1340. The average molecular weight is 859 g/mol. The van der Waals surface area contributed by atoms with Gasteiger partial charge in [-0.1, -0.05) is 211 Å². The minimum absolute atomic E-state index is 0.102. The van der Waals surface area contributed by atoms with Crippen molar-refractivity contribution in [2.24, 2.45) is 0 Å². The lowest BCUT2D eigenvalue weighted by molar-refractivity contribution is 0.0446. The number of unbranched alkanes of at least 4 members (excludes halogenated alkanes) is 32. The molecule has 1 aromatic carbocycles. The van der Waals surface area contributed by atoms with Crippen LogP contribution >= 0.6 is 0 Å². The van der Waals surface area contributed by atoms with Crippen LogP contribution in [0.25, 0.3) is 0 Å². The van der Waals surface area contributed by atoms with E-state index in [0.717, 1.165) is 63.9 Å². The van der Waals surface area contributed by atoms with Crippen LogP contribution in [0.3, 0.4) is 0 Å². The standard InChI is InChI=1S/C52H90O7S/c1-3-5-7-9-11-13-15-17-19-21-23-25-27-29-31-33-35-37-39-41-46-58-51(53)48-44-43-45-49(60(55,56)57)50(48)52(54)59-47-42-40-38-36-34-32-30-28-26-24-22-20-18-16-14-12-10-8-6-4-2/h25-28,43-45H,3-24,29-42,46-47H2,1-2H3,(H,55,56,57)/b27-25+,28-26+. The molecule has 0 spiro atoms. The molecule has 346 valence electrons. The Kier molecular flexibility index (Phi) is 37.6. The lowest BCUT2D eigenvalue weighted by Crippen LogP contribution is -2.19. The summed E-state index contributed by atoms with van der Waals surface area (Å²) in [6.07, 6.45) is 53.5. The van der Waals surface area contributed by atoms with Crippen LogP contribution in [0.15, 0.2) is 47.4 Å². The van der Waals surface area contributed by atoms with Gasteiger partial charge in [0.05, 0.1) is 24.3 Å². The van der Waals surface area contributed by atoms with Crippen molar-refractivity contribution in [1.82, 2.24) is 0 Å². The second kappa shape index (κ2) is 40.6. The van der Waals surface area contributed by atoms with E-state index in [1.807, 2.05) is 0 Å². The second-order valence-electron chi connectivity index (χ2n) is 17.1. The molecule has 0 aromatic heterocycles. The van der Waals surface area contributed by atoms with Gasteiger partial charge in [0.15, 0.2) is 0 Å². The lowest BCUT2D eigenvalue weighted by atomic mass is 10.1. The van der Waals surface area contributed by atoms with E-state index in [1.165, 1.54) is 173 Å². The summed E-state index contributed by atoms with van der Waals surface area (Å²) in [5.41, 5.74) is -0.683. The molecule has 0 saturated heterocycles. The van der Waals surface area contributed by atoms with Crippen molar-refractivity contribution < 1.29 is 32.0 Å². The quantitative estimate of drug-likeness (QED) is 0.0302. The van der Waals surface area contributed by atoms with E-state index < -0.39 is 32.5 Å². The van der Waals surface area contributed by atoms with Crippen molar-refractivity contribution in [2.45, 2.75) is 250 Å². The molecule has 1 rings (SSSR count). The predicted octanol–water partition coefficient (Wildman–Crippen LogP) is 16.4. The summed E-state index contributed by atoms with van der Waals surface area (Å²) in [6.45, 7) is 4.81. The molecular weight excluding hydrogens is 769 g/mol. The van der Waals surface area contributed by atoms with E-state index in [9.17, 15) is 22.6 Å². The van der Waals surface area contributed by atoms with Crippen molar-refractivity contribution in [3.05, 3.63) is 53.6 Å². The maximum Gasteiger partial charge on any atom is 0.340 e. The summed E-state index contributed by atoms with van der Waals surface area (Å²) in [6, 6.07) is 3.76. The Hall–Kier alpha value is -2.45. The first-order chi connectivity index (χ1) is 29.3. The van der Waals surface area contributed by atoms with Crippen LogP contribution in [-0.2, 0) is 19.6 Å². The first-order valence-corrected chi connectivity index (χ1v) is 26.5. The molecule has 0 aliphatic rings. The fraction of sp³-hybridized carbons (Fsp3) is 0.769. The van der Waals surface area contributed by atoms with Gasteiger partial charge in [0, 0.05) is 0 Å². The van der Waals surface area contributed by atoms with Gasteiger partial charge in [-0.15, -0.1) is 0 Å². The largest absolute Gasteiger partial charge is 0.462 e. The fourth-order valence-corrected chi connectivity index (χ4v) is 8.42. The molecule has 60 heavy (non-hydrogen) atoms. The SMILES string of the molecule is CCCCCCCCCCCC/C=C/CCCCCCCCOC(=O)c1cccc(S(=O)(=O)O)c1C(=O)OCCCCCCCC/C=C/CCCCCCCCCCCC. The lowest BCUT2D eigenvalue weighted by Gasteiger charge is -2.13. The van der Waals surface area contributed by atoms with Gasteiger partial charge in [-0.05, 0) is 76.3 Å². The van der Waals surface area contributed by atoms with Gasteiger partial charge in [0.25, 0.3) is 10.1 Å². The summed E-state index contributed by atoms with van der Waals surface area (Å²) < 4.78 is 45.0. The molecular formula is C52H90O7S. The Balaban J connectivity index is 2.17. The highest BCUT2D eigenvalue weighted by molar-refractivity contribution is 7.86. The average Bonchev–Trinajstić information content (AvgIpc) is 3.24. The molecule has 7 nitrogen and oxygen atoms in total. The van der Waals surface area contributed by atoms with E-state index >= 15 is 0 Å². The molecule has 0 radical (unpaired) electrons. The highest BCUT2D eigenvalue weighted by atomic mass is 32.2. The van der Waals surface area contributed by atoms with Crippen LogP contribution in [0, 0.1) is 0 Å².